The molecule has 5 heteroatoms. The number of aryl methyl sites for hydroxylation is 2. The highest BCUT2D eigenvalue weighted by molar-refractivity contribution is 7.89. The molecule has 0 unspecified atom stereocenters. The van der Waals surface area contributed by atoms with Gasteiger partial charge in [-0.05, 0) is 42.7 Å². The second-order valence-corrected chi connectivity index (χ2v) is 6.54. The fourth-order valence-corrected chi connectivity index (χ4v) is 3.00. The fraction of sp³-hybridized carbons (Fsp3) is 0.250. The molecule has 21 heavy (non-hydrogen) atoms. The van der Waals surface area contributed by atoms with E-state index in [2.05, 4.69) is 0 Å². The Bertz CT molecular complexity index is 725. The molecule has 0 saturated heterocycles. The number of hydrogen-bond donors (Lipinski definition) is 1. The molecular weight excluding hydrogens is 286 g/mol. The molecule has 2 aromatic carbocycles. The SMILES string of the molecule is Cc1cc(S(N)(=O)=O)c(C)cc1OCCc1ccccc1. The lowest BCUT2D eigenvalue weighted by Gasteiger charge is -2.12. The molecule has 0 aromatic heterocycles. The Morgan fingerprint density at radius 1 is 1.05 bits per heavy atom. The third-order valence-electron chi connectivity index (χ3n) is 3.27. The molecule has 112 valence electrons. The Kier molecular flexibility index (Phi) is 4.65. The third-order valence-corrected chi connectivity index (χ3v) is 4.32. The zero-order valence-electron chi connectivity index (χ0n) is 12.2. The van der Waals surface area contributed by atoms with Crippen LogP contribution in [0.4, 0.5) is 0 Å². The molecule has 0 radical (unpaired) electrons. The molecule has 0 heterocycles. The van der Waals surface area contributed by atoms with Crippen LogP contribution in [0.25, 0.3) is 0 Å². The van der Waals surface area contributed by atoms with Crippen molar-refractivity contribution in [1.29, 1.82) is 0 Å². The van der Waals surface area contributed by atoms with Crippen LogP contribution in [0.5, 0.6) is 5.75 Å². The van der Waals surface area contributed by atoms with E-state index in [0.29, 0.717) is 17.9 Å². The lowest BCUT2D eigenvalue weighted by atomic mass is 10.1. The minimum Gasteiger partial charge on any atom is -0.493 e. The summed E-state index contributed by atoms with van der Waals surface area (Å²) in [5.41, 5.74) is 2.56. The fourth-order valence-electron chi connectivity index (χ4n) is 2.15. The molecule has 0 aliphatic rings. The van der Waals surface area contributed by atoms with Crippen molar-refractivity contribution in [2.75, 3.05) is 6.61 Å². The van der Waals surface area contributed by atoms with Gasteiger partial charge in [0.05, 0.1) is 11.5 Å². The summed E-state index contributed by atoms with van der Waals surface area (Å²) in [7, 11) is -3.69. The molecule has 2 rings (SSSR count). The van der Waals surface area contributed by atoms with E-state index >= 15 is 0 Å². The summed E-state index contributed by atoms with van der Waals surface area (Å²) in [6, 6.07) is 13.3. The number of rotatable bonds is 5. The van der Waals surface area contributed by atoms with Crippen molar-refractivity contribution in [3.05, 3.63) is 59.2 Å². The maximum atomic E-state index is 11.5. The lowest BCUT2D eigenvalue weighted by Crippen LogP contribution is -2.14. The molecule has 0 atom stereocenters. The highest BCUT2D eigenvalue weighted by Crippen LogP contribution is 2.25. The monoisotopic (exact) mass is 305 g/mol. The van der Waals surface area contributed by atoms with Gasteiger partial charge in [-0.25, -0.2) is 13.6 Å². The first-order valence-electron chi connectivity index (χ1n) is 6.68. The van der Waals surface area contributed by atoms with Crippen molar-refractivity contribution in [2.45, 2.75) is 25.2 Å². The summed E-state index contributed by atoms with van der Waals surface area (Å²) in [5, 5.41) is 5.18. The predicted octanol–water partition coefficient (Wildman–Crippen LogP) is 2.57. The van der Waals surface area contributed by atoms with Gasteiger partial charge in [-0.3, -0.25) is 0 Å². The Labute approximate surface area is 125 Å². The molecule has 0 amide bonds. The maximum absolute atomic E-state index is 11.5. The van der Waals surface area contributed by atoms with Gasteiger partial charge in [0.2, 0.25) is 10.0 Å². The molecule has 0 saturated carbocycles. The van der Waals surface area contributed by atoms with Crippen molar-refractivity contribution < 1.29 is 13.2 Å². The van der Waals surface area contributed by atoms with Crippen LogP contribution in [-0.4, -0.2) is 15.0 Å². The molecule has 4 nitrogen and oxygen atoms in total. The highest BCUT2D eigenvalue weighted by atomic mass is 32.2. The molecule has 2 N–H and O–H groups in total. The van der Waals surface area contributed by atoms with Crippen LogP contribution in [-0.2, 0) is 16.4 Å². The van der Waals surface area contributed by atoms with Crippen molar-refractivity contribution >= 4 is 10.0 Å². The smallest absolute Gasteiger partial charge is 0.238 e. The van der Waals surface area contributed by atoms with Crippen LogP contribution < -0.4 is 9.88 Å². The lowest BCUT2D eigenvalue weighted by molar-refractivity contribution is 0.319. The van der Waals surface area contributed by atoms with Gasteiger partial charge in [-0.15, -0.1) is 0 Å². The van der Waals surface area contributed by atoms with E-state index in [0.717, 1.165) is 12.0 Å². The number of ether oxygens (including phenoxy) is 1. The molecule has 0 bridgehead atoms. The second kappa shape index (κ2) is 6.28. The zero-order valence-corrected chi connectivity index (χ0v) is 13.0. The minimum absolute atomic E-state index is 0.149. The first-order chi connectivity index (χ1) is 9.88. The minimum atomic E-state index is -3.69. The van der Waals surface area contributed by atoms with Crippen molar-refractivity contribution in [2.24, 2.45) is 5.14 Å². The van der Waals surface area contributed by atoms with Crippen LogP contribution in [0.2, 0.25) is 0 Å². The molecular formula is C16H19NO3S. The van der Waals surface area contributed by atoms with Gasteiger partial charge in [0, 0.05) is 6.42 Å². The van der Waals surface area contributed by atoms with Crippen LogP contribution in [0.1, 0.15) is 16.7 Å². The van der Waals surface area contributed by atoms with Crippen LogP contribution in [0, 0.1) is 13.8 Å². The third kappa shape index (κ3) is 4.06. The topological polar surface area (TPSA) is 69.4 Å². The Morgan fingerprint density at radius 2 is 1.71 bits per heavy atom. The summed E-state index contributed by atoms with van der Waals surface area (Å²) in [4.78, 5) is 0.149. The van der Waals surface area contributed by atoms with Gasteiger partial charge in [0.1, 0.15) is 5.75 Å². The average molecular weight is 305 g/mol. The normalized spacial score (nSPS) is 11.4. The van der Waals surface area contributed by atoms with E-state index in [9.17, 15) is 8.42 Å². The molecule has 0 fully saturated rings. The molecule has 0 aliphatic carbocycles. The van der Waals surface area contributed by atoms with Gasteiger partial charge >= 0.3 is 0 Å². The summed E-state index contributed by atoms with van der Waals surface area (Å²) in [5.74, 6) is 0.691. The van der Waals surface area contributed by atoms with Crippen LogP contribution in [0.3, 0.4) is 0 Å². The molecule has 0 spiro atoms. The summed E-state index contributed by atoms with van der Waals surface area (Å²) < 4.78 is 28.7. The maximum Gasteiger partial charge on any atom is 0.238 e. The number of hydrogen-bond acceptors (Lipinski definition) is 3. The largest absolute Gasteiger partial charge is 0.493 e. The standard InChI is InChI=1S/C16H19NO3S/c1-12-11-16(21(17,18)19)13(2)10-15(12)20-9-8-14-6-4-3-5-7-14/h3-7,10-11H,8-9H2,1-2H3,(H2,17,18,19). The van der Waals surface area contributed by atoms with E-state index in [1.54, 1.807) is 19.1 Å². The van der Waals surface area contributed by atoms with Gasteiger partial charge < -0.3 is 4.74 Å². The van der Waals surface area contributed by atoms with Gasteiger partial charge in [0.25, 0.3) is 0 Å². The van der Waals surface area contributed by atoms with E-state index in [1.807, 2.05) is 37.3 Å². The average Bonchev–Trinajstić information content (AvgIpc) is 2.42. The van der Waals surface area contributed by atoms with Crippen molar-refractivity contribution in [1.82, 2.24) is 0 Å². The van der Waals surface area contributed by atoms with Crippen molar-refractivity contribution in [3.8, 4) is 5.75 Å². The van der Waals surface area contributed by atoms with Crippen LogP contribution in [0.15, 0.2) is 47.4 Å². The second-order valence-electron chi connectivity index (χ2n) is 5.01. The quantitative estimate of drug-likeness (QED) is 0.923. The van der Waals surface area contributed by atoms with E-state index in [1.165, 1.54) is 5.56 Å². The Morgan fingerprint density at radius 3 is 2.33 bits per heavy atom. The number of sulfonamides is 1. The summed E-state index contributed by atoms with van der Waals surface area (Å²) in [6.07, 6.45) is 0.802. The number of primary sulfonamides is 1. The highest BCUT2D eigenvalue weighted by Gasteiger charge is 2.14. The first-order valence-corrected chi connectivity index (χ1v) is 8.23. The molecule has 0 aliphatic heterocycles. The van der Waals surface area contributed by atoms with E-state index in [4.69, 9.17) is 9.88 Å². The summed E-state index contributed by atoms with van der Waals surface area (Å²) >= 11 is 0. The van der Waals surface area contributed by atoms with Crippen LogP contribution >= 0.6 is 0 Å². The first kappa shape index (κ1) is 15.5. The number of benzene rings is 2. The summed E-state index contributed by atoms with van der Waals surface area (Å²) in [6.45, 7) is 4.06. The van der Waals surface area contributed by atoms with E-state index in [-0.39, 0.29) is 4.90 Å². The Hall–Kier alpha value is -1.85. The Balaban J connectivity index is 2.09. The molecule has 2 aromatic rings. The number of nitrogens with two attached hydrogens (primary N) is 1. The van der Waals surface area contributed by atoms with Gasteiger partial charge in [-0.2, -0.15) is 0 Å². The predicted molar refractivity (Wildman–Crippen MR) is 82.9 cm³/mol. The van der Waals surface area contributed by atoms with Crippen molar-refractivity contribution in [3.63, 3.8) is 0 Å². The van der Waals surface area contributed by atoms with Gasteiger partial charge in [0.15, 0.2) is 0 Å². The van der Waals surface area contributed by atoms with E-state index < -0.39 is 10.0 Å². The van der Waals surface area contributed by atoms with Gasteiger partial charge in [-0.1, -0.05) is 30.3 Å². The zero-order chi connectivity index (χ0) is 15.5.